The minimum Gasteiger partial charge on any atom is -0.376 e. The molecule has 0 spiro atoms. The number of ether oxygens (including phenoxy) is 5. The highest BCUT2D eigenvalue weighted by molar-refractivity contribution is 8.07. The topological polar surface area (TPSA) is 155 Å². The summed E-state index contributed by atoms with van der Waals surface area (Å²) >= 11 is 8.52. The van der Waals surface area contributed by atoms with Gasteiger partial charge in [-0.2, -0.15) is 50.3 Å². The van der Waals surface area contributed by atoms with E-state index in [0.717, 1.165) is 186 Å². The maximum atomic E-state index is 9.78. The molecule has 26 heteroatoms. The summed E-state index contributed by atoms with van der Waals surface area (Å²) < 4.78 is 48.6. The number of thioether (sulfide) groups is 3. The average molecular weight is 1280 g/mol. The summed E-state index contributed by atoms with van der Waals surface area (Å²) in [4.78, 5) is 25.9. The van der Waals surface area contributed by atoms with Gasteiger partial charge in [0.05, 0.1) is 63.9 Å². The molecular weight excluding hydrogens is 1180 g/mol. The second-order valence-electron chi connectivity index (χ2n) is 27.6. The summed E-state index contributed by atoms with van der Waals surface area (Å²) in [5.41, 5.74) is 6.01. The Kier molecular flexibility index (Phi) is 16.9. The van der Waals surface area contributed by atoms with Crippen LogP contribution in [0.3, 0.4) is 0 Å². The number of hydrogen-bond donors (Lipinski definition) is 4. The van der Waals surface area contributed by atoms with E-state index in [1.807, 2.05) is 0 Å². The number of rotatable bonds is 16. The molecule has 0 bridgehead atoms. The van der Waals surface area contributed by atoms with Crippen molar-refractivity contribution in [3.63, 3.8) is 0 Å². The van der Waals surface area contributed by atoms with Crippen LogP contribution in [0.2, 0.25) is 0 Å². The highest BCUT2D eigenvalue weighted by Gasteiger charge is 2.92. The molecule has 14 saturated heterocycles. The molecule has 14 fully saturated rings. The Balaban J connectivity index is 1.13. The van der Waals surface area contributed by atoms with Crippen LogP contribution in [0.5, 0.6) is 0 Å². The van der Waals surface area contributed by atoms with E-state index in [1.54, 1.807) is 12.0 Å². The van der Waals surface area contributed by atoms with Crippen LogP contribution in [0.1, 0.15) is 96.3 Å². The van der Waals surface area contributed by atoms with Crippen molar-refractivity contribution >= 4 is 53.7 Å². The van der Waals surface area contributed by atoms with Crippen LogP contribution in [0.4, 0.5) is 0 Å². The number of piperidine rings is 1. The molecule has 0 saturated carbocycles. The summed E-state index contributed by atoms with van der Waals surface area (Å²) in [6, 6.07) is -0.383. The molecule has 484 valence electrons. The van der Waals surface area contributed by atoms with E-state index in [2.05, 4.69) is 142 Å². The molecule has 17 heterocycles. The van der Waals surface area contributed by atoms with Crippen molar-refractivity contribution in [3.8, 4) is 0 Å². The first kappa shape index (κ1) is 59.9. The molecule has 17 aliphatic rings. The first-order chi connectivity index (χ1) is 43.1. The van der Waals surface area contributed by atoms with Gasteiger partial charge in [-0.3, -0.25) is 34.8 Å². The maximum Gasteiger partial charge on any atom is 0.262 e. The Morgan fingerprint density at radius 2 is 1.31 bits per heavy atom. The van der Waals surface area contributed by atoms with Crippen molar-refractivity contribution in [2.75, 3.05) is 175 Å². The van der Waals surface area contributed by atoms with Gasteiger partial charge < -0.3 is 49.0 Å². The second kappa shape index (κ2) is 24.5. The Bertz CT molecular complexity index is 2430. The van der Waals surface area contributed by atoms with Gasteiger partial charge in [-0.15, -0.1) is 0 Å². The summed E-state index contributed by atoms with van der Waals surface area (Å²) in [5, 5.41) is 20.6. The highest BCUT2D eigenvalue weighted by atomic mass is 32.2. The van der Waals surface area contributed by atoms with E-state index < -0.39 is 40.1 Å². The van der Waals surface area contributed by atoms with Crippen LogP contribution >= 0.6 is 47.3 Å². The van der Waals surface area contributed by atoms with Crippen LogP contribution in [-0.4, -0.2) is 315 Å². The lowest BCUT2D eigenvalue weighted by molar-refractivity contribution is -0.582. The molecule has 0 aromatic rings. The van der Waals surface area contributed by atoms with Gasteiger partial charge in [-0.25, -0.2) is 9.91 Å². The molecule has 0 aliphatic carbocycles. The maximum absolute atomic E-state index is 9.78. The van der Waals surface area contributed by atoms with Crippen molar-refractivity contribution in [3.05, 3.63) is 24.6 Å². The lowest BCUT2D eigenvalue weighted by Crippen LogP contribution is -3.07. The molecular formula is C61H100N16O6S4. The fraction of sp³-hybridized carbons (Fsp3) is 0.918. The van der Waals surface area contributed by atoms with Crippen molar-refractivity contribution in [1.82, 2.24) is 75.8 Å². The number of nitrogens with one attached hydrogen (secondary N) is 4. The zero-order chi connectivity index (χ0) is 57.7. The Morgan fingerprint density at radius 3 is 1.90 bits per heavy atom. The van der Waals surface area contributed by atoms with E-state index in [-0.39, 0.29) is 39.2 Å². The zero-order valence-electron chi connectivity index (χ0n) is 51.6. The SMILES string of the molecule is C1=CN(C2(N3CCCC3)N(N3C(C4COCCO4)C(C4CO4)(C4CS4)OC(C4CCOS4)(N4CCC4)C3(C3CCCCS3)C3CCCCS3)C(N3CCCCC3)(N3CCNCC3)C(N3CC=CN3)(N3CCCN3)OC2(N2C=NCC2)N2CCNC2)CC1. The van der Waals surface area contributed by atoms with Crippen molar-refractivity contribution < 1.29 is 27.9 Å². The zero-order valence-corrected chi connectivity index (χ0v) is 54.8. The summed E-state index contributed by atoms with van der Waals surface area (Å²) in [5.74, 6) is -1.56. The third-order valence-corrected chi connectivity index (χ3v) is 28.5. The van der Waals surface area contributed by atoms with E-state index in [1.165, 1.54) is 32.1 Å². The lowest BCUT2D eigenvalue weighted by atomic mass is 9.65. The number of morpholine rings is 2. The van der Waals surface area contributed by atoms with E-state index in [4.69, 9.17) is 23.4 Å². The minimum absolute atomic E-state index is 0.00175. The van der Waals surface area contributed by atoms with Gasteiger partial charge in [-0.05, 0) is 107 Å². The van der Waals surface area contributed by atoms with Crippen LogP contribution in [0, 0.1) is 0 Å². The predicted octanol–water partition coefficient (Wildman–Crippen LogP) is 2.82. The average Bonchev–Trinajstić information content (AvgIpc) is 1.60. The smallest absolute Gasteiger partial charge is 0.262 e. The predicted molar refractivity (Wildman–Crippen MR) is 343 cm³/mol. The first-order valence-electron chi connectivity index (χ1n) is 34.6. The van der Waals surface area contributed by atoms with Crippen molar-refractivity contribution in [2.24, 2.45) is 4.99 Å². The third-order valence-electron chi connectivity index (χ3n) is 23.3. The standard InChI is InChI=1S/C61H100N16O6S4/c1-4-24-70(25-5-1)59(71-34-20-62-21-35-71)61(74-32-12-18-65-74,75-33-13-19-66-75)83-60(72-36-22-63-46-72,73-37-23-64-47-73)58(68-26-6-7-27-68,69-28-8-9-29-69)77(59)76-54(48-43-78-39-40-79-48)55(49-44-80-49,53-45-86-53)82-57(67-30-14-31-67,52-17-38-81-87-52)56(76,50-15-2-10-41-84-50)51-16-3-11-42-85-51/h6,12,18,26,46,48-54,62,64-66H,1-5,7-11,13-17,19-25,27-45,47H2. The van der Waals surface area contributed by atoms with Crippen molar-refractivity contribution in [1.29, 1.82) is 0 Å². The lowest BCUT2D eigenvalue weighted by Gasteiger charge is -2.84. The molecule has 22 nitrogen and oxygen atoms in total. The van der Waals surface area contributed by atoms with Gasteiger partial charge in [0.2, 0.25) is 11.6 Å². The minimum atomic E-state index is -1.30. The number of piperazine rings is 1. The van der Waals surface area contributed by atoms with Gasteiger partial charge in [0, 0.05) is 139 Å². The van der Waals surface area contributed by atoms with Gasteiger partial charge in [-0.1, -0.05) is 31.4 Å². The monoisotopic (exact) mass is 1280 g/mol. The number of hydrogen-bond acceptors (Lipinski definition) is 26. The molecule has 17 rings (SSSR count). The number of aliphatic imine (C=N–C) groups is 1. The normalized spacial score (nSPS) is 47.0. The number of hydrazine groups is 3. The largest absolute Gasteiger partial charge is 0.376 e. The van der Waals surface area contributed by atoms with Gasteiger partial charge in [0.25, 0.3) is 11.7 Å². The number of nitrogens with zero attached hydrogens (tertiary/aromatic N) is 12. The van der Waals surface area contributed by atoms with E-state index in [9.17, 15) is 9.47 Å². The van der Waals surface area contributed by atoms with E-state index in [0.29, 0.717) is 52.8 Å². The summed E-state index contributed by atoms with van der Waals surface area (Å²) in [7, 11) is 0. The molecule has 17 aliphatic heterocycles. The first-order valence-corrected chi connectivity index (χ1v) is 38.6. The Labute approximate surface area is 534 Å². The fourth-order valence-corrected chi connectivity index (χ4v) is 25.3. The van der Waals surface area contributed by atoms with Gasteiger partial charge in [0.1, 0.15) is 23.3 Å². The molecule has 0 amide bonds. The van der Waals surface area contributed by atoms with Gasteiger partial charge in [0.15, 0.2) is 5.72 Å². The quantitative estimate of drug-likeness (QED) is 0.132. The molecule has 0 aromatic carbocycles. The van der Waals surface area contributed by atoms with Crippen LogP contribution in [0.15, 0.2) is 29.5 Å². The molecule has 0 aromatic heterocycles. The van der Waals surface area contributed by atoms with Gasteiger partial charge >= 0.3 is 0 Å². The van der Waals surface area contributed by atoms with Crippen LogP contribution in [-0.2, 0) is 27.9 Å². The second-order valence-corrected chi connectivity index (χ2v) is 32.4. The number of likely N-dealkylation sites (tertiary alicyclic amines) is 3. The molecule has 0 radical (unpaired) electrons. The fourth-order valence-electron chi connectivity index (χ4n) is 19.8. The van der Waals surface area contributed by atoms with Crippen LogP contribution < -0.4 is 21.5 Å². The third kappa shape index (κ3) is 8.79. The van der Waals surface area contributed by atoms with Crippen molar-refractivity contribution in [2.45, 2.75) is 176 Å². The highest BCUT2D eigenvalue weighted by Crippen LogP contribution is 2.71. The Hall–Kier alpha value is -0.770. The molecule has 4 N–H and O–H groups in total. The molecule has 13 unspecified atom stereocenters. The summed E-state index contributed by atoms with van der Waals surface area (Å²) in [6.45, 7) is 18.8. The summed E-state index contributed by atoms with van der Waals surface area (Å²) in [6.07, 6.45) is 28.0. The molecule has 13 atom stereocenters. The van der Waals surface area contributed by atoms with Crippen LogP contribution in [0.25, 0.3) is 0 Å². The van der Waals surface area contributed by atoms with E-state index >= 15 is 0 Å². The Morgan fingerprint density at radius 1 is 0.563 bits per heavy atom. The molecule has 87 heavy (non-hydrogen) atoms. The number of epoxide rings is 1.